The number of hydrogen-bond donors (Lipinski definition) is 1. The van der Waals surface area contributed by atoms with Gasteiger partial charge < -0.3 is 5.32 Å². The molecule has 1 heterocycles. The number of anilines is 1. The lowest BCUT2D eigenvalue weighted by Gasteiger charge is -2.10. The molecule has 0 radical (unpaired) electrons. The highest BCUT2D eigenvalue weighted by atomic mass is 16.1. The Morgan fingerprint density at radius 2 is 1.83 bits per heavy atom. The third kappa shape index (κ3) is 3.51. The monoisotopic (exact) mass is 320 g/mol. The maximum absolute atomic E-state index is 12.3. The van der Waals surface area contributed by atoms with Gasteiger partial charge in [-0.25, -0.2) is 9.67 Å². The minimum Gasteiger partial charge on any atom is -0.322 e. The number of aromatic nitrogens is 3. The van der Waals surface area contributed by atoms with Crippen LogP contribution in [-0.2, 0) is 0 Å². The van der Waals surface area contributed by atoms with Crippen LogP contribution < -0.4 is 5.32 Å². The van der Waals surface area contributed by atoms with E-state index in [-0.39, 0.29) is 5.91 Å². The topological polar surface area (TPSA) is 59.8 Å². The van der Waals surface area contributed by atoms with Gasteiger partial charge in [0, 0.05) is 11.3 Å². The molecule has 0 saturated heterocycles. The van der Waals surface area contributed by atoms with Gasteiger partial charge in [-0.1, -0.05) is 26.0 Å². The number of benzene rings is 2. The first-order valence-electron chi connectivity index (χ1n) is 8.03. The van der Waals surface area contributed by atoms with Crippen molar-refractivity contribution in [2.24, 2.45) is 0 Å². The minimum atomic E-state index is -0.128. The Kier molecular flexibility index (Phi) is 4.70. The molecule has 1 atom stereocenters. The van der Waals surface area contributed by atoms with Crippen LogP contribution in [0.15, 0.2) is 61.2 Å². The summed E-state index contributed by atoms with van der Waals surface area (Å²) < 4.78 is 1.65. The van der Waals surface area contributed by atoms with Crippen molar-refractivity contribution in [2.75, 3.05) is 5.32 Å². The number of nitrogens with zero attached hydrogens (tertiary/aromatic N) is 3. The van der Waals surface area contributed by atoms with Crippen LogP contribution in [0.25, 0.3) is 5.69 Å². The SMILES string of the molecule is CC[C@@H](C)c1ccc(NC(=O)c2ccc(-n3cncn3)cc2)cc1. The standard InChI is InChI=1S/C19H20N4O/c1-3-14(2)15-4-8-17(9-5-15)22-19(24)16-6-10-18(11-7-16)23-13-20-12-21-23/h4-14H,3H2,1-2H3,(H,22,24)/t14-/m1/s1. The fourth-order valence-electron chi connectivity index (χ4n) is 2.44. The number of nitrogens with one attached hydrogen (secondary N) is 1. The Labute approximate surface area is 141 Å². The average molecular weight is 320 g/mol. The summed E-state index contributed by atoms with van der Waals surface area (Å²) in [5, 5.41) is 6.99. The number of rotatable bonds is 5. The van der Waals surface area contributed by atoms with E-state index in [9.17, 15) is 4.79 Å². The average Bonchev–Trinajstić information content (AvgIpc) is 3.16. The Hall–Kier alpha value is -2.95. The first-order valence-corrected chi connectivity index (χ1v) is 8.03. The summed E-state index contributed by atoms with van der Waals surface area (Å²) in [6, 6.07) is 15.3. The van der Waals surface area contributed by atoms with Gasteiger partial charge in [-0.3, -0.25) is 4.79 Å². The van der Waals surface area contributed by atoms with Crippen molar-refractivity contribution in [3.8, 4) is 5.69 Å². The quantitative estimate of drug-likeness (QED) is 0.772. The summed E-state index contributed by atoms with van der Waals surface area (Å²) >= 11 is 0. The lowest BCUT2D eigenvalue weighted by atomic mass is 9.98. The van der Waals surface area contributed by atoms with Crippen molar-refractivity contribution in [2.45, 2.75) is 26.2 Å². The molecule has 1 N–H and O–H groups in total. The van der Waals surface area contributed by atoms with Crippen LogP contribution in [0.3, 0.4) is 0 Å². The molecule has 0 aliphatic heterocycles. The van der Waals surface area contributed by atoms with Crippen LogP contribution in [0.2, 0.25) is 0 Å². The third-order valence-electron chi connectivity index (χ3n) is 4.16. The van der Waals surface area contributed by atoms with E-state index in [2.05, 4.69) is 41.4 Å². The second-order valence-electron chi connectivity index (χ2n) is 5.77. The summed E-state index contributed by atoms with van der Waals surface area (Å²) in [6.45, 7) is 4.37. The maximum atomic E-state index is 12.3. The van der Waals surface area contributed by atoms with Crippen LogP contribution in [0.4, 0.5) is 5.69 Å². The zero-order valence-corrected chi connectivity index (χ0v) is 13.8. The van der Waals surface area contributed by atoms with Crippen LogP contribution in [-0.4, -0.2) is 20.7 Å². The number of carbonyl (C=O) groups excluding carboxylic acids is 1. The van der Waals surface area contributed by atoms with Gasteiger partial charge in [-0.15, -0.1) is 0 Å². The van der Waals surface area contributed by atoms with Crippen molar-refractivity contribution in [3.05, 3.63) is 72.3 Å². The minimum absolute atomic E-state index is 0.128. The number of carbonyl (C=O) groups is 1. The van der Waals surface area contributed by atoms with E-state index in [0.717, 1.165) is 17.8 Å². The Bertz CT molecular complexity index is 792. The fourth-order valence-corrected chi connectivity index (χ4v) is 2.44. The molecule has 5 heteroatoms. The van der Waals surface area contributed by atoms with Gasteiger partial charge >= 0.3 is 0 Å². The van der Waals surface area contributed by atoms with E-state index in [1.165, 1.54) is 11.9 Å². The summed E-state index contributed by atoms with van der Waals surface area (Å²) in [6.07, 6.45) is 4.20. The molecule has 3 rings (SSSR count). The lowest BCUT2D eigenvalue weighted by Crippen LogP contribution is -2.12. The maximum Gasteiger partial charge on any atom is 0.255 e. The van der Waals surface area contributed by atoms with Gasteiger partial charge in [-0.2, -0.15) is 5.10 Å². The molecule has 2 aromatic carbocycles. The molecule has 1 aromatic heterocycles. The molecular formula is C19H20N4O. The van der Waals surface area contributed by atoms with Crippen LogP contribution >= 0.6 is 0 Å². The second kappa shape index (κ2) is 7.08. The summed E-state index contributed by atoms with van der Waals surface area (Å²) in [5.41, 5.74) is 3.55. The van der Waals surface area contributed by atoms with Crippen LogP contribution in [0.5, 0.6) is 0 Å². The first kappa shape index (κ1) is 15.9. The van der Waals surface area contributed by atoms with Crippen molar-refractivity contribution in [1.82, 2.24) is 14.8 Å². The molecule has 3 aromatic rings. The molecule has 0 aliphatic carbocycles. The van der Waals surface area contributed by atoms with Gasteiger partial charge in [0.05, 0.1) is 5.69 Å². The molecule has 0 bridgehead atoms. The predicted octanol–water partition coefficient (Wildman–Crippen LogP) is 4.03. The van der Waals surface area contributed by atoms with E-state index in [4.69, 9.17) is 0 Å². The van der Waals surface area contributed by atoms with E-state index in [1.54, 1.807) is 23.1 Å². The number of hydrogen-bond acceptors (Lipinski definition) is 3. The van der Waals surface area contributed by atoms with Crippen molar-refractivity contribution in [3.63, 3.8) is 0 Å². The van der Waals surface area contributed by atoms with Crippen molar-refractivity contribution < 1.29 is 4.79 Å². The van der Waals surface area contributed by atoms with Gasteiger partial charge in [-0.05, 0) is 54.3 Å². The number of amides is 1. The van der Waals surface area contributed by atoms with Gasteiger partial charge in [0.1, 0.15) is 12.7 Å². The van der Waals surface area contributed by atoms with Gasteiger partial charge in [0.15, 0.2) is 0 Å². The van der Waals surface area contributed by atoms with E-state index in [1.807, 2.05) is 24.3 Å². The lowest BCUT2D eigenvalue weighted by molar-refractivity contribution is 0.102. The molecule has 24 heavy (non-hydrogen) atoms. The zero-order valence-electron chi connectivity index (χ0n) is 13.8. The van der Waals surface area contributed by atoms with E-state index >= 15 is 0 Å². The van der Waals surface area contributed by atoms with Gasteiger partial charge in [0.2, 0.25) is 0 Å². The van der Waals surface area contributed by atoms with Crippen molar-refractivity contribution in [1.29, 1.82) is 0 Å². The summed E-state index contributed by atoms with van der Waals surface area (Å²) in [7, 11) is 0. The Balaban J connectivity index is 1.68. The van der Waals surface area contributed by atoms with E-state index < -0.39 is 0 Å². The fraction of sp³-hybridized carbons (Fsp3) is 0.211. The summed E-state index contributed by atoms with van der Waals surface area (Å²) in [4.78, 5) is 16.3. The molecule has 5 nitrogen and oxygen atoms in total. The highest BCUT2D eigenvalue weighted by molar-refractivity contribution is 6.04. The van der Waals surface area contributed by atoms with Crippen LogP contribution in [0.1, 0.15) is 42.1 Å². The molecule has 0 unspecified atom stereocenters. The molecular weight excluding hydrogens is 300 g/mol. The smallest absolute Gasteiger partial charge is 0.255 e. The van der Waals surface area contributed by atoms with Gasteiger partial charge in [0.25, 0.3) is 5.91 Å². The second-order valence-corrected chi connectivity index (χ2v) is 5.77. The Morgan fingerprint density at radius 3 is 2.42 bits per heavy atom. The molecule has 0 spiro atoms. The third-order valence-corrected chi connectivity index (χ3v) is 4.16. The zero-order chi connectivity index (χ0) is 16.9. The largest absolute Gasteiger partial charge is 0.322 e. The molecule has 0 aliphatic rings. The predicted molar refractivity (Wildman–Crippen MR) is 94.5 cm³/mol. The van der Waals surface area contributed by atoms with Crippen molar-refractivity contribution >= 4 is 11.6 Å². The molecule has 1 amide bonds. The molecule has 122 valence electrons. The molecule has 0 fully saturated rings. The normalized spacial score (nSPS) is 11.9. The van der Waals surface area contributed by atoms with Crippen LogP contribution in [0, 0.1) is 0 Å². The van der Waals surface area contributed by atoms with E-state index in [0.29, 0.717) is 11.5 Å². The summed E-state index contributed by atoms with van der Waals surface area (Å²) in [5.74, 6) is 0.399. The Morgan fingerprint density at radius 1 is 1.12 bits per heavy atom. The first-order chi connectivity index (χ1) is 11.7. The highest BCUT2D eigenvalue weighted by Crippen LogP contribution is 2.21. The molecule has 0 saturated carbocycles. The highest BCUT2D eigenvalue weighted by Gasteiger charge is 2.08.